The quantitative estimate of drug-likeness (QED) is 0.500. The van der Waals surface area contributed by atoms with Crippen LogP contribution in [-0.2, 0) is 23.9 Å². The number of methoxy groups -OCH3 is 1. The maximum absolute atomic E-state index is 13.6. The largest absolute Gasteiger partial charge is 0.467 e. The highest BCUT2D eigenvalue weighted by Crippen LogP contribution is 2.38. The van der Waals surface area contributed by atoms with Crippen LogP contribution in [0.25, 0.3) is 0 Å². The van der Waals surface area contributed by atoms with Gasteiger partial charge >= 0.3 is 12.2 Å². The van der Waals surface area contributed by atoms with Crippen molar-refractivity contribution in [3.05, 3.63) is 47.8 Å². The summed E-state index contributed by atoms with van der Waals surface area (Å²) in [5.41, 5.74) is 0.566. The lowest BCUT2D eigenvalue weighted by atomic mass is 10.0. The van der Waals surface area contributed by atoms with Gasteiger partial charge in [0.15, 0.2) is 0 Å². The summed E-state index contributed by atoms with van der Waals surface area (Å²) >= 11 is 0. The summed E-state index contributed by atoms with van der Waals surface area (Å²) in [6.07, 6.45) is 1.41. The topological polar surface area (TPSA) is 102 Å². The normalized spacial score (nSPS) is 19.1. The van der Waals surface area contributed by atoms with E-state index in [-0.39, 0.29) is 36.7 Å². The lowest BCUT2D eigenvalue weighted by molar-refractivity contribution is -0.137. The summed E-state index contributed by atoms with van der Waals surface area (Å²) in [7, 11) is 3.60. The van der Waals surface area contributed by atoms with Crippen molar-refractivity contribution in [1.29, 1.82) is 5.26 Å². The van der Waals surface area contributed by atoms with Gasteiger partial charge in [-0.1, -0.05) is 6.58 Å². The molecule has 1 atom stereocenters. The van der Waals surface area contributed by atoms with Crippen molar-refractivity contribution in [3.8, 4) is 12.1 Å². The Morgan fingerprint density at radius 2 is 1.93 bits per heavy atom. The molecule has 0 saturated carbocycles. The number of halogens is 3. The minimum atomic E-state index is -4.53. The Labute approximate surface area is 238 Å². The van der Waals surface area contributed by atoms with E-state index in [2.05, 4.69) is 39.5 Å². The number of alkyl halides is 3. The molecule has 3 aliphatic rings. The van der Waals surface area contributed by atoms with Crippen molar-refractivity contribution >= 4 is 17.5 Å². The van der Waals surface area contributed by atoms with Gasteiger partial charge in [-0.25, -0.2) is 4.98 Å². The number of carbonyl (C=O) groups excluding carboxylic acids is 1. The fraction of sp³-hybridized carbons (Fsp3) is 0.536. The highest BCUT2D eigenvalue weighted by Gasteiger charge is 2.38. The Bertz CT molecular complexity index is 1280. The molecule has 0 spiro atoms. The lowest BCUT2D eigenvalue weighted by Crippen LogP contribution is -2.55. The molecule has 13 heteroatoms. The zero-order valence-corrected chi connectivity index (χ0v) is 23.4. The predicted octanol–water partition coefficient (Wildman–Crippen LogP) is 3.29. The van der Waals surface area contributed by atoms with Gasteiger partial charge in [0.1, 0.15) is 11.6 Å². The molecule has 220 valence electrons. The van der Waals surface area contributed by atoms with Crippen LogP contribution in [0, 0.1) is 11.3 Å². The summed E-state index contributed by atoms with van der Waals surface area (Å²) in [5.74, 6) is 0.228. The second-order valence-electron chi connectivity index (χ2n) is 10.2. The first-order valence-corrected chi connectivity index (χ1v) is 13.6. The van der Waals surface area contributed by atoms with E-state index in [1.807, 2.05) is 4.90 Å². The second-order valence-corrected chi connectivity index (χ2v) is 10.2. The molecule has 0 bridgehead atoms. The molecule has 0 aromatic carbocycles. The standard InChI is InChI=1S/C23H24F3N7O2.C5H11N/c1-3-19(34)33-12-11-32(13-15(33)6-8-27)20-16-7-10-31(14-18(16)29-22(30-20)35-2)21-17(23(24,25)26)5-4-9-28-21;1-6-4-2-3-5-6/h3-5,9,15H,1,6-7,10-14H2,2H3;2-5H2,1H3. The number of anilines is 2. The van der Waals surface area contributed by atoms with Crippen LogP contribution in [-0.4, -0.2) is 90.1 Å². The smallest absolute Gasteiger partial charge is 0.419 e. The number of likely N-dealkylation sites (tertiary alicyclic amines) is 1. The minimum Gasteiger partial charge on any atom is -0.467 e. The average Bonchev–Trinajstić information content (AvgIpc) is 3.46. The molecular formula is C28H35F3N8O2. The summed E-state index contributed by atoms with van der Waals surface area (Å²) in [4.78, 5) is 32.7. The number of hydrogen-bond donors (Lipinski definition) is 0. The number of carbonyl (C=O) groups is 1. The lowest BCUT2D eigenvalue weighted by Gasteiger charge is -2.42. The second kappa shape index (κ2) is 13.2. The number of rotatable bonds is 5. The van der Waals surface area contributed by atoms with Crippen LogP contribution in [0.4, 0.5) is 24.8 Å². The minimum absolute atomic E-state index is 0.0964. The Balaban J connectivity index is 0.000000572. The third kappa shape index (κ3) is 7.05. The SMILES string of the molecule is C=CC(=O)N1CCN(c2nc(OC)nc3c2CCN(c2ncccc2C(F)(F)F)C3)CC1CC#N.CN1CCCC1. The molecule has 2 saturated heterocycles. The number of piperazine rings is 1. The van der Waals surface area contributed by atoms with Crippen molar-refractivity contribution in [2.75, 3.05) is 63.2 Å². The van der Waals surface area contributed by atoms with Crippen molar-refractivity contribution < 1.29 is 22.7 Å². The van der Waals surface area contributed by atoms with Gasteiger partial charge in [0.05, 0.1) is 43.4 Å². The van der Waals surface area contributed by atoms with Gasteiger partial charge in [-0.15, -0.1) is 0 Å². The fourth-order valence-electron chi connectivity index (χ4n) is 5.40. The molecule has 0 radical (unpaired) electrons. The monoisotopic (exact) mass is 572 g/mol. The molecule has 2 aromatic rings. The van der Waals surface area contributed by atoms with Crippen LogP contribution in [0.3, 0.4) is 0 Å². The first-order valence-electron chi connectivity index (χ1n) is 13.6. The van der Waals surface area contributed by atoms with Gasteiger partial charge in [0, 0.05) is 37.9 Å². The summed E-state index contributed by atoms with van der Waals surface area (Å²) < 4.78 is 46.0. The summed E-state index contributed by atoms with van der Waals surface area (Å²) in [6, 6.07) is 4.16. The molecule has 41 heavy (non-hydrogen) atoms. The number of fused-ring (bicyclic) bond motifs is 1. The summed E-state index contributed by atoms with van der Waals surface area (Å²) in [5, 5.41) is 9.27. The average molecular weight is 573 g/mol. The Kier molecular flexibility index (Phi) is 9.65. The predicted molar refractivity (Wildman–Crippen MR) is 147 cm³/mol. The molecule has 2 aromatic heterocycles. The Hall–Kier alpha value is -3.92. The van der Waals surface area contributed by atoms with E-state index in [0.717, 1.165) is 11.6 Å². The van der Waals surface area contributed by atoms with Gasteiger partial charge in [-0.2, -0.15) is 28.4 Å². The van der Waals surface area contributed by atoms with Crippen molar-refractivity contribution in [3.63, 3.8) is 0 Å². The van der Waals surface area contributed by atoms with Gasteiger partial charge < -0.3 is 24.3 Å². The number of nitriles is 1. The van der Waals surface area contributed by atoms with Crippen LogP contribution in [0.15, 0.2) is 31.0 Å². The number of hydrogen-bond acceptors (Lipinski definition) is 9. The zero-order valence-electron chi connectivity index (χ0n) is 23.4. The Morgan fingerprint density at radius 3 is 2.54 bits per heavy atom. The van der Waals surface area contributed by atoms with Crippen LogP contribution >= 0.6 is 0 Å². The summed E-state index contributed by atoms with van der Waals surface area (Å²) in [6.45, 7) is 7.81. The van der Waals surface area contributed by atoms with E-state index in [0.29, 0.717) is 44.1 Å². The molecule has 5 rings (SSSR count). The molecule has 10 nitrogen and oxygen atoms in total. The van der Waals surface area contributed by atoms with Crippen molar-refractivity contribution in [2.45, 2.75) is 44.4 Å². The molecule has 0 N–H and O–H groups in total. The fourth-order valence-corrected chi connectivity index (χ4v) is 5.40. The van der Waals surface area contributed by atoms with Crippen molar-refractivity contribution in [1.82, 2.24) is 24.8 Å². The van der Waals surface area contributed by atoms with Crippen LogP contribution < -0.4 is 14.5 Å². The molecular weight excluding hydrogens is 537 g/mol. The first-order chi connectivity index (χ1) is 19.7. The maximum atomic E-state index is 13.6. The van der Waals surface area contributed by atoms with Crippen LogP contribution in [0.1, 0.15) is 36.1 Å². The zero-order chi connectivity index (χ0) is 29.6. The molecule has 5 heterocycles. The molecule has 0 aliphatic carbocycles. The maximum Gasteiger partial charge on any atom is 0.419 e. The van der Waals surface area contributed by atoms with E-state index in [9.17, 15) is 23.2 Å². The van der Waals surface area contributed by atoms with Gasteiger partial charge in [-0.05, 0) is 57.6 Å². The van der Waals surface area contributed by atoms with E-state index in [1.54, 1.807) is 9.80 Å². The van der Waals surface area contributed by atoms with Gasteiger partial charge in [0.25, 0.3) is 0 Å². The number of amides is 1. The molecule has 2 fully saturated rings. The number of nitrogens with zero attached hydrogens (tertiary/aromatic N) is 8. The van der Waals surface area contributed by atoms with Gasteiger partial charge in [-0.3, -0.25) is 4.79 Å². The first kappa shape index (κ1) is 30.0. The highest BCUT2D eigenvalue weighted by atomic mass is 19.4. The van der Waals surface area contributed by atoms with E-state index >= 15 is 0 Å². The molecule has 3 aliphatic heterocycles. The number of pyridine rings is 1. The Morgan fingerprint density at radius 1 is 1.17 bits per heavy atom. The van der Waals surface area contributed by atoms with Gasteiger partial charge in [0.2, 0.25) is 5.91 Å². The van der Waals surface area contributed by atoms with E-state index in [4.69, 9.17) is 4.74 Å². The van der Waals surface area contributed by atoms with E-state index in [1.165, 1.54) is 51.4 Å². The van der Waals surface area contributed by atoms with Crippen LogP contribution in [0.5, 0.6) is 6.01 Å². The van der Waals surface area contributed by atoms with Crippen molar-refractivity contribution in [2.24, 2.45) is 0 Å². The highest BCUT2D eigenvalue weighted by molar-refractivity contribution is 5.87. The molecule has 1 unspecified atom stereocenters. The molecule has 1 amide bonds. The number of ether oxygens (including phenoxy) is 1. The third-order valence-electron chi connectivity index (χ3n) is 7.49. The van der Waals surface area contributed by atoms with Crippen LogP contribution in [0.2, 0.25) is 0 Å². The number of aromatic nitrogens is 3. The van der Waals surface area contributed by atoms with E-state index < -0.39 is 11.7 Å². The third-order valence-corrected chi connectivity index (χ3v) is 7.49.